The van der Waals surface area contributed by atoms with Crippen molar-refractivity contribution in [3.8, 4) is 0 Å². The summed E-state index contributed by atoms with van der Waals surface area (Å²) in [5.41, 5.74) is 0.793. The van der Waals surface area contributed by atoms with E-state index in [4.69, 9.17) is 0 Å². The number of hydrogen-bond acceptors (Lipinski definition) is 7. The summed E-state index contributed by atoms with van der Waals surface area (Å²) in [6.45, 7) is 1.77. The lowest BCUT2D eigenvalue weighted by molar-refractivity contribution is 0.0656. The highest BCUT2D eigenvalue weighted by Gasteiger charge is 2.34. The van der Waals surface area contributed by atoms with Crippen LogP contribution in [0.3, 0.4) is 0 Å². The summed E-state index contributed by atoms with van der Waals surface area (Å²) in [6, 6.07) is 6.75. The van der Waals surface area contributed by atoms with Crippen molar-refractivity contribution < 1.29 is 9.59 Å². The summed E-state index contributed by atoms with van der Waals surface area (Å²) in [6.07, 6.45) is 0.359. The topological polar surface area (TPSA) is 97.5 Å². The number of carbonyl (C=O) groups is 2. The molecule has 0 spiro atoms. The van der Waals surface area contributed by atoms with Gasteiger partial charge >= 0.3 is 0 Å². The van der Waals surface area contributed by atoms with E-state index in [-0.39, 0.29) is 29.6 Å². The molecule has 0 N–H and O–H groups in total. The molecule has 2 aromatic heterocycles. The first-order valence-corrected chi connectivity index (χ1v) is 8.05. The van der Waals surface area contributed by atoms with Gasteiger partial charge in [0.2, 0.25) is 4.96 Å². The standard InChI is InChI=1S/C15H11N5O3S/c1-8-12(21)20-15(17-16-8)24-11(18-20)6-7-19-13(22)9-4-2-3-5-10(9)14(19)23/h2-5H,6-7H2,1H3. The predicted octanol–water partition coefficient (Wildman–Crippen LogP) is 0.693. The second-order valence-corrected chi connectivity index (χ2v) is 6.38. The number of benzene rings is 1. The van der Waals surface area contributed by atoms with E-state index in [0.29, 0.717) is 27.5 Å². The summed E-state index contributed by atoms with van der Waals surface area (Å²) >= 11 is 1.22. The van der Waals surface area contributed by atoms with Gasteiger partial charge in [-0.3, -0.25) is 19.3 Å². The Bertz CT molecular complexity index is 1020. The van der Waals surface area contributed by atoms with E-state index in [9.17, 15) is 14.4 Å². The average Bonchev–Trinajstić information content (AvgIpc) is 3.11. The van der Waals surface area contributed by atoms with Crippen LogP contribution < -0.4 is 5.56 Å². The zero-order valence-electron chi connectivity index (χ0n) is 12.6. The van der Waals surface area contributed by atoms with Gasteiger partial charge in [0.05, 0.1) is 11.1 Å². The fraction of sp³-hybridized carbons (Fsp3) is 0.200. The van der Waals surface area contributed by atoms with Crippen LogP contribution in [-0.2, 0) is 6.42 Å². The van der Waals surface area contributed by atoms with E-state index in [1.165, 1.54) is 20.8 Å². The smallest absolute Gasteiger partial charge is 0.274 e. The molecular formula is C15H11N5O3S. The van der Waals surface area contributed by atoms with Gasteiger partial charge in [0, 0.05) is 13.0 Å². The second kappa shape index (κ2) is 5.31. The minimum atomic E-state index is -0.316. The van der Waals surface area contributed by atoms with E-state index in [1.807, 2.05) is 0 Å². The maximum absolute atomic E-state index is 12.3. The Hall–Kier alpha value is -2.94. The lowest BCUT2D eigenvalue weighted by Crippen LogP contribution is -2.31. The Kier molecular flexibility index (Phi) is 3.24. The summed E-state index contributed by atoms with van der Waals surface area (Å²) in [7, 11) is 0. The molecule has 0 unspecified atom stereocenters. The number of rotatable bonds is 3. The highest BCUT2D eigenvalue weighted by Crippen LogP contribution is 2.23. The van der Waals surface area contributed by atoms with Gasteiger partial charge in [-0.05, 0) is 19.1 Å². The normalized spacial score (nSPS) is 13.8. The largest absolute Gasteiger partial charge is 0.296 e. The highest BCUT2D eigenvalue weighted by molar-refractivity contribution is 7.16. The molecule has 1 aliphatic rings. The van der Waals surface area contributed by atoms with Crippen molar-refractivity contribution in [1.82, 2.24) is 24.7 Å². The van der Waals surface area contributed by atoms with Gasteiger partial charge in [0.1, 0.15) is 10.7 Å². The lowest BCUT2D eigenvalue weighted by Gasteiger charge is -2.12. The molecule has 0 fully saturated rings. The zero-order chi connectivity index (χ0) is 16.8. The molecule has 0 atom stereocenters. The molecule has 4 rings (SSSR count). The summed E-state index contributed by atoms with van der Waals surface area (Å²) in [5, 5.41) is 12.5. The molecular weight excluding hydrogens is 330 g/mol. The van der Waals surface area contributed by atoms with E-state index in [1.54, 1.807) is 31.2 Å². The molecule has 9 heteroatoms. The molecule has 24 heavy (non-hydrogen) atoms. The van der Waals surface area contributed by atoms with E-state index >= 15 is 0 Å². The minimum Gasteiger partial charge on any atom is -0.274 e. The Morgan fingerprint density at radius 1 is 1.04 bits per heavy atom. The maximum atomic E-state index is 12.3. The van der Waals surface area contributed by atoms with Gasteiger partial charge in [0.25, 0.3) is 17.4 Å². The van der Waals surface area contributed by atoms with Crippen LogP contribution in [0.5, 0.6) is 0 Å². The Balaban J connectivity index is 1.58. The van der Waals surface area contributed by atoms with Crippen molar-refractivity contribution in [2.24, 2.45) is 0 Å². The fourth-order valence-corrected chi connectivity index (χ4v) is 3.40. The van der Waals surface area contributed by atoms with Crippen LogP contribution in [0, 0.1) is 6.92 Å². The second-order valence-electron chi connectivity index (χ2n) is 5.34. The number of nitrogens with zero attached hydrogens (tertiary/aromatic N) is 5. The average molecular weight is 341 g/mol. The molecule has 1 aliphatic heterocycles. The van der Waals surface area contributed by atoms with Gasteiger partial charge in [0.15, 0.2) is 0 Å². The van der Waals surface area contributed by atoms with Gasteiger partial charge < -0.3 is 0 Å². The number of imide groups is 1. The van der Waals surface area contributed by atoms with Crippen LogP contribution in [0.4, 0.5) is 0 Å². The molecule has 0 radical (unpaired) electrons. The summed E-state index contributed by atoms with van der Waals surface area (Å²) in [4.78, 5) is 38.2. The van der Waals surface area contributed by atoms with Crippen molar-refractivity contribution in [3.63, 3.8) is 0 Å². The first kappa shape index (κ1) is 14.6. The number of aryl methyl sites for hydroxylation is 1. The monoisotopic (exact) mass is 341 g/mol. The molecule has 3 aromatic rings. The zero-order valence-corrected chi connectivity index (χ0v) is 13.4. The van der Waals surface area contributed by atoms with Gasteiger partial charge in [-0.1, -0.05) is 23.5 Å². The van der Waals surface area contributed by atoms with E-state index in [2.05, 4.69) is 15.3 Å². The van der Waals surface area contributed by atoms with Gasteiger partial charge in [-0.2, -0.15) is 9.61 Å². The van der Waals surface area contributed by atoms with Crippen LogP contribution in [0.15, 0.2) is 29.1 Å². The van der Waals surface area contributed by atoms with E-state index in [0.717, 1.165) is 0 Å². The van der Waals surface area contributed by atoms with Crippen LogP contribution in [0.2, 0.25) is 0 Å². The Morgan fingerprint density at radius 3 is 2.38 bits per heavy atom. The molecule has 1 aromatic carbocycles. The van der Waals surface area contributed by atoms with Crippen LogP contribution in [-0.4, -0.2) is 43.1 Å². The van der Waals surface area contributed by atoms with Crippen molar-refractivity contribution >= 4 is 28.1 Å². The molecule has 0 bridgehead atoms. The van der Waals surface area contributed by atoms with Crippen molar-refractivity contribution in [2.75, 3.05) is 6.54 Å². The summed E-state index contributed by atoms with van der Waals surface area (Å²) < 4.78 is 1.20. The van der Waals surface area contributed by atoms with Gasteiger partial charge in [-0.25, -0.2) is 0 Å². The minimum absolute atomic E-state index is 0.202. The first-order chi connectivity index (χ1) is 11.6. The quantitative estimate of drug-likeness (QED) is 0.650. The molecule has 120 valence electrons. The predicted molar refractivity (Wildman–Crippen MR) is 85.2 cm³/mol. The number of fused-ring (bicyclic) bond motifs is 2. The molecule has 0 saturated heterocycles. The number of carbonyl (C=O) groups excluding carboxylic acids is 2. The van der Waals surface area contributed by atoms with Crippen molar-refractivity contribution in [3.05, 3.63) is 56.4 Å². The molecule has 8 nitrogen and oxygen atoms in total. The summed E-state index contributed by atoms with van der Waals surface area (Å²) in [5.74, 6) is -0.603. The van der Waals surface area contributed by atoms with Gasteiger partial charge in [-0.15, -0.1) is 10.2 Å². The maximum Gasteiger partial charge on any atom is 0.296 e. The number of aromatic nitrogens is 4. The molecule has 2 amide bonds. The first-order valence-electron chi connectivity index (χ1n) is 7.23. The van der Waals surface area contributed by atoms with Crippen LogP contribution in [0.1, 0.15) is 31.4 Å². The molecule has 0 aliphatic carbocycles. The Labute approximate surface area is 139 Å². The van der Waals surface area contributed by atoms with Crippen molar-refractivity contribution in [2.45, 2.75) is 13.3 Å². The van der Waals surface area contributed by atoms with Crippen molar-refractivity contribution in [1.29, 1.82) is 0 Å². The third-order valence-electron chi connectivity index (χ3n) is 3.82. The van der Waals surface area contributed by atoms with E-state index < -0.39 is 0 Å². The Morgan fingerprint density at radius 2 is 1.71 bits per heavy atom. The number of amides is 2. The number of hydrogen-bond donors (Lipinski definition) is 0. The highest BCUT2D eigenvalue weighted by atomic mass is 32.1. The van der Waals surface area contributed by atoms with Crippen LogP contribution >= 0.6 is 11.3 Å². The SMILES string of the molecule is Cc1nnc2sc(CCN3C(=O)c4ccccc4C3=O)nn2c1=O. The fourth-order valence-electron chi connectivity index (χ4n) is 2.58. The lowest BCUT2D eigenvalue weighted by atomic mass is 10.1. The molecule has 0 saturated carbocycles. The van der Waals surface area contributed by atoms with Crippen LogP contribution in [0.25, 0.3) is 4.96 Å². The molecule has 3 heterocycles. The third kappa shape index (κ3) is 2.13. The third-order valence-corrected chi connectivity index (χ3v) is 4.78.